The maximum Gasteiger partial charge on any atom is 0.264 e. The molecule has 0 aliphatic carbocycles. The number of nitrogens with zero attached hydrogens (tertiary/aromatic N) is 1. The average molecular weight is 409 g/mol. The number of ether oxygens (including phenoxy) is 1. The van der Waals surface area contributed by atoms with Crippen molar-refractivity contribution >= 4 is 34.6 Å². The molecule has 6 heteroatoms. The van der Waals surface area contributed by atoms with Crippen LogP contribution in [0, 0.1) is 13.8 Å². The van der Waals surface area contributed by atoms with Crippen molar-refractivity contribution in [3.63, 3.8) is 0 Å². The maximum atomic E-state index is 12.4. The Labute approximate surface area is 175 Å². The minimum absolute atomic E-state index is 0.106. The Morgan fingerprint density at radius 3 is 2.76 bits per heavy atom. The molecule has 2 aromatic carbocycles. The minimum atomic E-state index is -0.199. The summed E-state index contributed by atoms with van der Waals surface area (Å²) < 4.78 is 5.53. The quantitative estimate of drug-likeness (QED) is 0.520. The van der Waals surface area contributed by atoms with E-state index in [1.165, 1.54) is 17.3 Å². The van der Waals surface area contributed by atoms with Crippen LogP contribution in [0.5, 0.6) is 11.5 Å². The zero-order valence-electron chi connectivity index (χ0n) is 16.8. The van der Waals surface area contributed by atoms with Gasteiger partial charge in [-0.3, -0.25) is 4.79 Å². The molecule has 1 aliphatic rings. The number of aliphatic imine (C=N–C) groups is 1. The van der Waals surface area contributed by atoms with Gasteiger partial charge in [-0.25, -0.2) is 4.99 Å². The third kappa shape index (κ3) is 4.90. The third-order valence-corrected chi connectivity index (χ3v) is 5.27. The number of carbonyl (C=O) groups is 1. The highest BCUT2D eigenvalue weighted by atomic mass is 32.2. The van der Waals surface area contributed by atoms with Crippen LogP contribution in [0.15, 0.2) is 52.9 Å². The highest BCUT2D eigenvalue weighted by Gasteiger charge is 2.24. The third-order valence-electron chi connectivity index (χ3n) is 4.36. The van der Waals surface area contributed by atoms with Crippen LogP contribution < -0.4 is 10.1 Å². The first kappa shape index (κ1) is 20.7. The number of allylic oxidation sites excluding steroid dienone is 1. The van der Waals surface area contributed by atoms with Gasteiger partial charge in [0.05, 0.1) is 17.2 Å². The number of hydrogen-bond donors (Lipinski definition) is 2. The Balaban J connectivity index is 1.91. The Morgan fingerprint density at radius 2 is 2.07 bits per heavy atom. The highest BCUT2D eigenvalue weighted by Crippen LogP contribution is 2.35. The molecular weight excluding hydrogens is 384 g/mol. The van der Waals surface area contributed by atoms with Crippen LogP contribution in [0.4, 0.5) is 5.69 Å². The van der Waals surface area contributed by atoms with Crippen LogP contribution in [-0.4, -0.2) is 22.8 Å². The molecule has 2 aromatic rings. The molecule has 0 bridgehead atoms. The Kier molecular flexibility index (Phi) is 6.44. The van der Waals surface area contributed by atoms with Gasteiger partial charge in [0.2, 0.25) is 0 Å². The van der Waals surface area contributed by atoms with Crippen molar-refractivity contribution in [3.05, 3.63) is 70.1 Å². The summed E-state index contributed by atoms with van der Waals surface area (Å²) in [5.41, 5.74) is 4.52. The van der Waals surface area contributed by atoms with Crippen LogP contribution in [-0.2, 0) is 11.2 Å². The summed E-state index contributed by atoms with van der Waals surface area (Å²) >= 11 is 1.29. The molecule has 2 N–H and O–H groups in total. The predicted molar refractivity (Wildman–Crippen MR) is 120 cm³/mol. The van der Waals surface area contributed by atoms with Gasteiger partial charge < -0.3 is 15.2 Å². The molecule has 1 saturated heterocycles. The summed E-state index contributed by atoms with van der Waals surface area (Å²) in [6.45, 7) is 10.0. The lowest BCUT2D eigenvalue weighted by atomic mass is 10.1. The number of aromatic hydroxyl groups is 1. The van der Waals surface area contributed by atoms with Gasteiger partial charge in [0.1, 0.15) is 0 Å². The van der Waals surface area contributed by atoms with Gasteiger partial charge >= 0.3 is 0 Å². The number of hydrogen-bond acceptors (Lipinski definition) is 5. The molecule has 0 unspecified atom stereocenters. The second-order valence-corrected chi connectivity index (χ2v) is 7.75. The fourth-order valence-corrected chi connectivity index (χ4v) is 3.86. The number of thioether (sulfide) groups is 1. The molecule has 5 nitrogen and oxygen atoms in total. The van der Waals surface area contributed by atoms with E-state index in [9.17, 15) is 9.90 Å². The maximum absolute atomic E-state index is 12.4. The van der Waals surface area contributed by atoms with Crippen molar-refractivity contribution in [3.8, 4) is 11.5 Å². The summed E-state index contributed by atoms with van der Waals surface area (Å²) in [6.07, 6.45) is 3.99. The second-order valence-electron chi connectivity index (χ2n) is 6.72. The number of carbonyl (C=O) groups excluding carboxylic acids is 1. The molecule has 0 aromatic heterocycles. The lowest BCUT2D eigenvalue weighted by Crippen LogP contribution is -2.19. The zero-order chi connectivity index (χ0) is 21.0. The van der Waals surface area contributed by atoms with Crippen molar-refractivity contribution in [2.45, 2.75) is 27.2 Å². The molecule has 1 fully saturated rings. The Bertz CT molecular complexity index is 1030. The van der Waals surface area contributed by atoms with Crippen LogP contribution in [0.25, 0.3) is 6.08 Å². The van der Waals surface area contributed by atoms with E-state index in [0.29, 0.717) is 34.4 Å². The lowest BCUT2D eigenvalue weighted by Gasteiger charge is -2.11. The SMILES string of the molecule is C=CCc1cc(/C=C2\SC(=Nc3ccc(C)cc3C)NC2=O)cc(OCC)c1O. The first-order chi connectivity index (χ1) is 13.9. The fraction of sp³-hybridized carbons (Fsp3) is 0.217. The zero-order valence-corrected chi connectivity index (χ0v) is 17.6. The van der Waals surface area contributed by atoms with Crippen LogP contribution in [0.1, 0.15) is 29.2 Å². The smallest absolute Gasteiger partial charge is 0.264 e. The van der Waals surface area contributed by atoms with Gasteiger partial charge in [0, 0.05) is 5.56 Å². The fourth-order valence-electron chi connectivity index (χ4n) is 3.02. The van der Waals surface area contributed by atoms with E-state index in [2.05, 4.69) is 23.0 Å². The molecule has 150 valence electrons. The van der Waals surface area contributed by atoms with Crippen molar-refractivity contribution in [2.24, 2.45) is 4.99 Å². The summed E-state index contributed by atoms with van der Waals surface area (Å²) in [5.74, 6) is 0.302. The molecule has 1 amide bonds. The topological polar surface area (TPSA) is 70.9 Å². The summed E-state index contributed by atoms with van der Waals surface area (Å²) in [6, 6.07) is 9.56. The number of nitrogens with one attached hydrogen (secondary N) is 1. The number of benzene rings is 2. The van der Waals surface area contributed by atoms with Gasteiger partial charge in [-0.15, -0.1) is 6.58 Å². The molecule has 1 heterocycles. The van der Waals surface area contributed by atoms with E-state index in [-0.39, 0.29) is 11.7 Å². The second kappa shape index (κ2) is 9.01. The normalized spacial score (nSPS) is 16.3. The minimum Gasteiger partial charge on any atom is -0.504 e. The van der Waals surface area contributed by atoms with E-state index in [1.807, 2.05) is 39.0 Å². The molecule has 29 heavy (non-hydrogen) atoms. The largest absolute Gasteiger partial charge is 0.504 e. The van der Waals surface area contributed by atoms with Crippen LogP contribution in [0.3, 0.4) is 0 Å². The van der Waals surface area contributed by atoms with Crippen molar-refractivity contribution in [1.29, 1.82) is 0 Å². The predicted octanol–water partition coefficient (Wildman–Crippen LogP) is 5.03. The molecule has 0 radical (unpaired) electrons. The van der Waals surface area contributed by atoms with E-state index in [4.69, 9.17) is 4.74 Å². The van der Waals surface area contributed by atoms with E-state index >= 15 is 0 Å². The lowest BCUT2D eigenvalue weighted by molar-refractivity contribution is -0.115. The van der Waals surface area contributed by atoms with Crippen molar-refractivity contribution in [1.82, 2.24) is 5.32 Å². The van der Waals surface area contributed by atoms with Crippen LogP contribution in [0.2, 0.25) is 0 Å². The van der Waals surface area contributed by atoms with E-state index in [0.717, 1.165) is 16.8 Å². The van der Waals surface area contributed by atoms with E-state index < -0.39 is 0 Å². The Hall–Kier alpha value is -2.99. The van der Waals surface area contributed by atoms with Gasteiger partial charge in [0.15, 0.2) is 16.7 Å². The standard InChI is InChI=1S/C23H24N2O3S/c1-5-7-17-11-16(12-19(21(17)26)28-6-2)13-20-22(27)25-23(29-20)24-18-9-8-14(3)10-15(18)4/h5,8-13,26H,1,6-7H2,2-4H3,(H,24,25,27)/b20-13-. The molecule has 0 saturated carbocycles. The number of amidine groups is 1. The number of aryl methyl sites for hydroxylation is 2. The Morgan fingerprint density at radius 1 is 1.28 bits per heavy atom. The van der Waals surface area contributed by atoms with E-state index in [1.54, 1.807) is 18.2 Å². The number of phenolic OH excluding ortho intramolecular Hbond substituents is 1. The van der Waals surface area contributed by atoms with Crippen molar-refractivity contribution < 1.29 is 14.6 Å². The number of amides is 1. The summed E-state index contributed by atoms with van der Waals surface area (Å²) in [7, 11) is 0. The number of phenols is 1. The first-order valence-corrected chi connectivity index (χ1v) is 10.2. The molecule has 0 spiro atoms. The highest BCUT2D eigenvalue weighted by molar-refractivity contribution is 8.18. The van der Waals surface area contributed by atoms with Crippen LogP contribution >= 0.6 is 11.8 Å². The van der Waals surface area contributed by atoms with Gasteiger partial charge in [-0.2, -0.15) is 0 Å². The first-order valence-electron chi connectivity index (χ1n) is 9.37. The summed E-state index contributed by atoms with van der Waals surface area (Å²) in [4.78, 5) is 17.5. The van der Waals surface area contributed by atoms with Gasteiger partial charge in [-0.1, -0.05) is 23.8 Å². The van der Waals surface area contributed by atoms with Crippen molar-refractivity contribution in [2.75, 3.05) is 6.61 Å². The molecular formula is C23H24N2O3S. The summed E-state index contributed by atoms with van der Waals surface area (Å²) in [5, 5.41) is 13.7. The monoisotopic (exact) mass is 408 g/mol. The average Bonchev–Trinajstić information content (AvgIpc) is 3.01. The molecule has 3 rings (SSSR count). The number of rotatable bonds is 6. The molecule has 0 atom stereocenters. The van der Waals surface area contributed by atoms with Gasteiger partial charge in [-0.05, 0) is 74.4 Å². The molecule has 1 aliphatic heterocycles. The van der Waals surface area contributed by atoms with Gasteiger partial charge in [0.25, 0.3) is 5.91 Å².